The number of amides is 2. The van der Waals surface area contributed by atoms with Crippen LogP contribution in [0.3, 0.4) is 0 Å². The van der Waals surface area contributed by atoms with Gasteiger partial charge in [0.1, 0.15) is 0 Å². The molecule has 2 aliphatic heterocycles. The monoisotopic (exact) mass is 282 g/mol. The third-order valence-electron chi connectivity index (χ3n) is 5.44. The normalized spacial score (nSPS) is 32.6. The molecule has 3 rings (SSSR count). The number of hydrogen-bond acceptors (Lipinski definition) is 2. The van der Waals surface area contributed by atoms with Crippen LogP contribution in [0.25, 0.3) is 0 Å². The average molecular weight is 282 g/mol. The molecule has 3 aliphatic rings. The molecule has 108 valence electrons. The summed E-state index contributed by atoms with van der Waals surface area (Å²) in [5, 5.41) is 3.15. The van der Waals surface area contributed by atoms with E-state index < -0.39 is 0 Å². The van der Waals surface area contributed by atoms with Crippen molar-refractivity contribution >= 4 is 17.8 Å². The summed E-state index contributed by atoms with van der Waals surface area (Å²) in [6, 6.07) is 0.191. The number of nitrogens with zero attached hydrogens (tertiary/aromatic N) is 1. The molecule has 4 heteroatoms. The van der Waals surface area contributed by atoms with Gasteiger partial charge in [-0.2, -0.15) is 11.8 Å². The van der Waals surface area contributed by atoms with Crippen LogP contribution >= 0.6 is 11.8 Å². The summed E-state index contributed by atoms with van der Waals surface area (Å²) < 4.78 is 0. The molecule has 1 aliphatic carbocycles. The molecule has 0 spiro atoms. The number of urea groups is 1. The van der Waals surface area contributed by atoms with Crippen LogP contribution < -0.4 is 5.32 Å². The number of thioether (sulfide) groups is 1. The first-order valence-corrected chi connectivity index (χ1v) is 8.99. The molecule has 1 unspecified atom stereocenters. The van der Waals surface area contributed by atoms with E-state index >= 15 is 0 Å². The average Bonchev–Trinajstić information content (AvgIpc) is 2.36. The molecule has 1 N–H and O–H groups in total. The van der Waals surface area contributed by atoms with Gasteiger partial charge in [0.25, 0.3) is 0 Å². The highest BCUT2D eigenvalue weighted by atomic mass is 32.2. The van der Waals surface area contributed by atoms with Gasteiger partial charge >= 0.3 is 6.03 Å². The maximum atomic E-state index is 12.3. The Morgan fingerprint density at radius 2 is 2.05 bits per heavy atom. The fourth-order valence-electron chi connectivity index (χ4n) is 3.79. The predicted octanol–water partition coefficient (Wildman–Crippen LogP) is 3.10. The minimum atomic E-state index is 0.152. The quantitative estimate of drug-likeness (QED) is 0.862. The topological polar surface area (TPSA) is 32.3 Å². The lowest BCUT2D eigenvalue weighted by molar-refractivity contribution is -0.0222. The smallest absolute Gasteiger partial charge is 0.317 e. The Morgan fingerprint density at radius 1 is 1.32 bits per heavy atom. The molecule has 2 heterocycles. The van der Waals surface area contributed by atoms with E-state index in [4.69, 9.17) is 0 Å². The van der Waals surface area contributed by atoms with Crippen molar-refractivity contribution in [2.24, 2.45) is 11.8 Å². The highest BCUT2D eigenvalue weighted by Crippen LogP contribution is 2.44. The maximum absolute atomic E-state index is 12.3. The Morgan fingerprint density at radius 3 is 2.58 bits per heavy atom. The van der Waals surface area contributed by atoms with E-state index in [9.17, 15) is 4.79 Å². The third-order valence-corrected chi connectivity index (χ3v) is 6.85. The number of likely N-dealkylation sites (tertiary alicyclic amines) is 1. The molecule has 3 fully saturated rings. The second-order valence-electron chi connectivity index (χ2n) is 6.68. The van der Waals surface area contributed by atoms with E-state index in [-0.39, 0.29) is 11.6 Å². The third kappa shape index (κ3) is 2.61. The molecule has 0 aromatic rings. The molecule has 0 aromatic carbocycles. The van der Waals surface area contributed by atoms with Gasteiger partial charge < -0.3 is 10.2 Å². The second-order valence-corrected chi connectivity index (χ2v) is 7.76. The molecule has 0 radical (unpaired) electrons. The van der Waals surface area contributed by atoms with E-state index in [0.29, 0.717) is 0 Å². The fraction of sp³-hybridized carbons (Fsp3) is 0.933. The molecule has 2 amide bonds. The van der Waals surface area contributed by atoms with Crippen LogP contribution in [0, 0.1) is 11.8 Å². The Labute approximate surface area is 120 Å². The van der Waals surface area contributed by atoms with Crippen molar-refractivity contribution in [1.29, 1.82) is 0 Å². The summed E-state index contributed by atoms with van der Waals surface area (Å²) in [6.45, 7) is 4.15. The highest BCUT2D eigenvalue weighted by molar-refractivity contribution is 8.00. The van der Waals surface area contributed by atoms with Crippen LogP contribution in [-0.4, -0.2) is 41.1 Å². The van der Waals surface area contributed by atoms with Gasteiger partial charge in [0.05, 0.1) is 0 Å². The van der Waals surface area contributed by atoms with Gasteiger partial charge in [0.2, 0.25) is 0 Å². The van der Waals surface area contributed by atoms with Crippen molar-refractivity contribution in [2.75, 3.05) is 24.6 Å². The van der Waals surface area contributed by atoms with Crippen LogP contribution in [0.5, 0.6) is 0 Å². The number of hydrogen-bond donors (Lipinski definition) is 1. The summed E-state index contributed by atoms with van der Waals surface area (Å²) in [6.07, 6.45) is 7.94. The zero-order valence-corrected chi connectivity index (χ0v) is 12.8. The first-order chi connectivity index (χ1) is 9.20. The van der Waals surface area contributed by atoms with Crippen LogP contribution in [0.4, 0.5) is 4.79 Å². The van der Waals surface area contributed by atoms with Crippen LogP contribution in [0.1, 0.15) is 45.4 Å². The zero-order valence-electron chi connectivity index (χ0n) is 12.0. The lowest BCUT2D eigenvalue weighted by Gasteiger charge is -2.55. The molecule has 1 atom stereocenters. The first kappa shape index (κ1) is 13.6. The summed E-state index contributed by atoms with van der Waals surface area (Å²) in [4.78, 5) is 14.5. The van der Waals surface area contributed by atoms with Gasteiger partial charge in [-0.05, 0) is 49.5 Å². The molecule has 2 saturated heterocycles. The summed E-state index contributed by atoms with van der Waals surface area (Å²) >= 11 is 1.98. The van der Waals surface area contributed by atoms with E-state index in [2.05, 4.69) is 17.1 Å². The Kier molecular flexibility index (Phi) is 3.97. The van der Waals surface area contributed by atoms with Crippen molar-refractivity contribution in [3.05, 3.63) is 0 Å². The van der Waals surface area contributed by atoms with Gasteiger partial charge in [-0.1, -0.05) is 19.3 Å². The van der Waals surface area contributed by atoms with Crippen LogP contribution in [0.2, 0.25) is 0 Å². The van der Waals surface area contributed by atoms with Gasteiger partial charge in [-0.15, -0.1) is 0 Å². The number of carbonyl (C=O) groups is 1. The van der Waals surface area contributed by atoms with Crippen molar-refractivity contribution in [1.82, 2.24) is 10.2 Å². The maximum Gasteiger partial charge on any atom is 0.317 e. The predicted molar refractivity (Wildman–Crippen MR) is 80.5 cm³/mol. The van der Waals surface area contributed by atoms with E-state index in [1.807, 2.05) is 11.8 Å². The molecule has 0 aromatic heterocycles. The van der Waals surface area contributed by atoms with Gasteiger partial charge in [0.15, 0.2) is 0 Å². The van der Waals surface area contributed by atoms with E-state index in [0.717, 1.165) is 24.9 Å². The van der Waals surface area contributed by atoms with Crippen molar-refractivity contribution in [2.45, 2.75) is 51.0 Å². The largest absolute Gasteiger partial charge is 0.338 e. The molecular formula is C15H26N2OS. The Bertz CT molecular complexity index is 339. The summed E-state index contributed by atoms with van der Waals surface area (Å²) in [5.41, 5.74) is 0.152. The van der Waals surface area contributed by atoms with Crippen molar-refractivity contribution in [3.63, 3.8) is 0 Å². The van der Waals surface area contributed by atoms with Gasteiger partial charge in [-0.3, -0.25) is 0 Å². The first-order valence-electron chi connectivity index (χ1n) is 7.83. The minimum absolute atomic E-state index is 0.152. The number of carbonyl (C=O) groups excluding carboxylic acids is 1. The van der Waals surface area contributed by atoms with Crippen molar-refractivity contribution < 1.29 is 4.79 Å². The molecule has 19 heavy (non-hydrogen) atoms. The minimum Gasteiger partial charge on any atom is -0.338 e. The highest BCUT2D eigenvalue weighted by Gasteiger charge is 2.48. The van der Waals surface area contributed by atoms with E-state index in [1.165, 1.54) is 50.0 Å². The molecular weight excluding hydrogens is 256 g/mol. The molecule has 3 nitrogen and oxygen atoms in total. The Balaban J connectivity index is 1.52. The Hall–Kier alpha value is -0.380. The summed E-state index contributed by atoms with van der Waals surface area (Å²) in [5.74, 6) is 3.90. The fourth-order valence-corrected chi connectivity index (χ4v) is 4.59. The lowest BCUT2D eigenvalue weighted by Crippen LogP contribution is -2.66. The lowest BCUT2D eigenvalue weighted by atomic mass is 9.69. The van der Waals surface area contributed by atoms with Gasteiger partial charge in [0, 0.05) is 18.6 Å². The number of rotatable bonds is 3. The second kappa shape index (κ2) is 5.55. The SMILES string of the molecule is CC1(C2CCCCC2)CCN1C(=O)NCC1CSC1. The zero-order chi connectivity index (χ0) is 13.3. The van der Waals surface area contributed by atoms with Crippen LogP contribution in [-0.2, 0) is 0 Å². The van der Waals surface area contributed by atoms with E-state index in [1.54, 1.807) is 0 Å². The standard InChI is InChI=1S/C15H26N2OS/c1-15(13-5-3-2-4-6-13)7-8-17(15)14(18)16-9-12-10-19-11-12/h12-13H,2-11H2,1H3,(H,16,18). The number of nitrogens with one attached hydrogen (secondary N) is 1. The molecule has 0 bridgehead atoms. The summed E-state index contributed by atoms with van der Waals surface area (Å²) in [7, 11) is 0. The van der Waals surface area contributed by atoms with Crippen LogP contribution in [0.15, 0.2) is 0 Å². The van der Waals surface area contributed by atoms with Gasteiger partial charge in [-0.25, -0.2) is 4.79 Å². The molecule has 1 saturated carbocycles. The van der Waals surface area contributed by atoms with Crippen molar-refractivity contribution in [3.8, 4) is 0 Å².